The van der Waals surface area contributed by atoms with Crippen LogP contribution in [0.3, 0.4) is 0 Å². The van der Waals surface area contributed by atoms with Gasteiger partial charge in [0.2, 0.25) is 0 Å². The van der Waals surface area contributed by atoms with E-state index in [9.17, 15) is 9.59 Å². The van der Waals surface area contributed by atoms with Gasteiger partial charge >= 0.3 is 0 Å². The first kappa shape index (κ1) is 17.5. The Kier molecular flexibility index (Phi) is 5.08. The first-order chi connectivity index (χ1) is 12.0. The number of piperazine rings is 1. The number of amides is 2. The first-order valence-electron chi connectivity index (χ1n) is 8.33. The molecule has 1 aromatic carbocycles. The molecule has 6 heteroatoms. The van der Waals surface area contributed by atoms with E-state index in [1.54, 1.807) is 23.6 Å². The average molecular weight is 358 g/mol. The van der Waals surface area contributed by atoms with E-state index in [1.807, 2.05) is 47.8 Å². The van der Waals surface area contributed by atoms with E-state index < -0.39 is 5.60 Å². The molecule has 0 aliphatic carbocycles. The van der Waals surface area contributed by atoms with Gasteiger partial charge in [-0.1, -0.05) is 24.3 Å². The summed E-state index contributed by atoms with van der Waals surface area (Å²) in [6, 6.07) is 13.1. The third-order valence-corrected chi connectivity index (χ3v) is 5.08. The van der Waals surface area contributed by atoms with Crippen molar-refractivity contribution in [3.05, 3.63) is 52.7 Å². The van der Waals surface area contributed by atoms with Gasteiger partial charge in [-0.2, -0.15) is 0 Å². The fourth-order valence-electron chi connectivity index (χ4n) is 2.88. The number of hydrogen-bond acceptors (Lipinski definition) is 4. The minimum atomic E-state index is -0.943. The van der Waals surface area contributed by atoms with Crippen LogP contribution >= 0.6 is 11.3 Å². The molecule has 2 aromatic rings. The molecule has 2 heterocycles. The lowest BCUT2D eigenvalue weighted by Crippen LogP contribution is -2.56. The molecule has 1 saturated heterocycles. The van der Waals surface area contributed by atoms with Crippen LogP contribution in [-0.4, -0.2) is 53.4 Å². The van der Waals surface area contributed by atoms with Crippen LogP contribution < -0.4 is 4.74 Å². The van der Waals surface area contributed by atoms with Crippen LogP contribution in [0.1, 0.15) is 23.5 Å². The Bertz CT molecular complexity index is 720. The van der Waals surface area contributed by atoms with Gasteiger partial charge in [0, 0.05) is 26.2 Å². The minimum Gasteiger partial charge on any atom is -0.478 e. The Morgan fingerprint density at radius 2 is 1.60 bits per heavy atom. The molecule has 1 aliphatic heterocycles. The molecular formula is C19H22N2O3S. The Labute approximate surface area is 151 Å². The van der Waals surface area contributed by atoms with Crippen LogP contribution in [0.2, 0.25) is 0 Å². The van der Waals surface area contributed by atoms with Crippen molar-refractivity contribution in [2.75, 3.05) is 26.2 Å². The predicted octanol–water partition coefficient (Wildman–Crippen LogP) is 2.89. The van der Waals surface area contributed by atoms with E-state index in [0.29, 0.717) is 31.9 Å². The number of carbonyl (C=O) groups excluding carboxylic acids is 2. The molecule has 0 bridgehead atoms. The van der Waals surface area contributed by atoms with E-state index in [4.69, 9.17) is 4.74 Å². The molecular weight excluding hydrogens is 336 g/mol. The number of carbonyl (C=O) groups is 2. The summed E-state index contributed by atoms with van der Waals surface area (Å²) in [5.41, 5.74) is -0.943. The summed E-state index contributed by atoms with van der Waals surface area (Å²) < 4.78 is 5.88. The molecule has 0 N–H and O–H groups in total. The second-order valence-corrected chi connectivity index (χ2v) is 7.43. The van der Waals surface area contributed by atoms with E-state index in [0.717, 1.165) is 4.88 Å². The zero-order chi connectivity index (χ0) is 17.9. The number of thiophene rings is 1. The van der Waals surface area contributed by atoms with Crippen LogP contribution in [0.25, 0.3) is 0 Å². The van der Waals surface area contributed by atoms with Crippen molar-refractivity contribution in [1.29, 1.82) is 0 Å². The fourth-order valence-corrected chi connectivity index (χ4v) is 3.57. The predicted molar refractivity (Wildman–Crippen MR) is 98.0 cm³/mol. The van der Waals surface area contributed by atoms with Crippen LogP contribution in [-0.2, 0) is 4.79 Å². The molecule has 0 unspecified atom stereocenters. The largest absolute Gasteiger partial charge is 0.478 e. The molecule has 2 amide bonds. The van der Waals surface area contributed by atoms with Crippen LogP contribution in [0.15, 0.2) is 47.8 Å². The summed E-state index contributed by atoms with van der Waals surface area (Å²) in [5, 5.41) is 1.90. The number of rotatable bonds is 4. The summed E-state index contributed by atoms with van der Waals surface area (Å²) in [7, 11) is 0. The Morgan fingerprint density at radius 1 is 0.960 bits per heavy atom. The van der Waals surface area contributed by atoms with Crippen molar-refractivity contribution < 1.29 is 14.3 Å². The lowest BCUT2D eigenvalue weighted by Gasteiger charge is -2.38. The number of hydrogen-bond donors (Lipinski definition) is 0. The molecule has 1 aromatic heterocycles. The molecule has 5 nitrogen and oxygen atoms in total. The molecule has 25 heavy (non-hydrogen) atoms. The quantitative estimate of drug-likeness (QED) is 0.844. The fraction of sp³-hybridized carbons (Fsp3) is 0.368. The number of para-hydroxylation sites is 1. The Balaban J connectivity index is 1.58. The van der Waals surface area contributed by atoms with Crippen LogP contribution in [0.5, 0.6) is 5.75 Å². The van der Waals surface area contributed by atoms with Gasteiger partial charge in [0.25, 0.3) is 11.8 Å². The van der Waals surface area contributed by atoms with Crippen molar-refractivity contribution >= 4 is 23.2 Å². The monoisotopic (exact) mass is 358 g/mol. The third-order valence-electron chi connectivity index (χ3n) is 4.22. The van der Waals surface area contributed by atoms with Crippen molar-refractivity contribution in [2.45, 2.75) is 19.4 Å². The maximum atomic E-state index is 12.8. The molecule has 0 radical (unpaired) electrons. The van der Waals surface area contributed by atoms with Crippen molar-refractivity contribution in [2.24, 2.45) is 0 Å². The maximum absolute atomic E-state index is 12.8. The second-order valence-electron chi connectivity index (χ2n) is 6.49. The van der Waals surface area contributed by atoms with Crippen molar-refractivity contribution in [3.8, 4) is 5.75 Å². The van der Waals surface area contributed by atoms with Gasteiger partial charge in [-0.05, 0) is 37.4 Å². The third kappa shape index (κ3) is 4.02. The first-order valence-corrected chi connectivity index (χ1v) is 9.21. The maximum Gasteiger partial charge on any atom is 0.266 e. The number of nitrogens with zero attached hydrogens (tertiary/aromatic N) is 2. The molecule has 1 fully saturated rings. The van der Waals surface area contributed by atoms with Crippen molar-refractivity contribution in [3.63, 3.8) is 0 Å². The smallest absolute Gasteiger partial charge is 0.266 e. The zero-order valence-electron chi connectivity index (χ0n) is 14.5. The van der Waals surface area contributed by atoms with Gasteiger partial charge in [0.15, 0.2) is 5.60 Å². The minimum absolute atomic E-state index is 0.0434. The Morgan fingerprint density at radius 3 is 2.20 bits per heavy atom. The zero-order valence-corrected chi connectivity index (χ0v) is 15.3. The molecule has 0 saturated carbocycles. The lowest BCUT2D eigenvalue weighted by molar-refractivity contribution is -0.147. The summed E-state index contributed by atoms with van der Waals surface area (Å²) in [6.45, 7) is 5.71. The second kappa shape index (κ2) is 7.27. The van der Waals surface area contributed by atoms with Gasteiger partial charge in [0.05, 0.1) is 4.88 Å². The molecule has 0 atom stereocenters. The number of ether oxygens (including phenoxy) is 1. The van der Waals surface area contributed by atoms with Gasteiger partial charge in [-0.15, -0.1) is 11.3 Å². The topological polar surface area (TPSA) is 49.9 Å². The van der Waals surface area contributed by atoms with E-state index in [1.165, 1.54) is 11.3 Å². The summed E-state index contributed by atoms with van der Waals surface area (Å²) >= 11 is 1.45. The number of benzene rings is 1. The lowest BCUT2D eigenvalue weighted by atomic mass is 10.1. The molecule has 3 rings (SSSR count). The van der Waals surface area contributed by atoms with Crippen LogP contribution in [0, 0.1) is 0 Å². The van der Waals surface area contributed by atoms with Gasteiger partial charge < -0.3 is 14.5 Å². The summed E-state index contributed by atoms with van der Waals surface area (Å²) in [4.78, 5) is 29.5. The normalized spacial score (nSPS) is 15.1. The molecule has 1 aliphatic rings. The van der Waals surface area contributed by atoms with Gasteiger partial charge in [0.1, 0.15) is 5.75 Å². The van der Waals surface area contributed by atoms with E-state index in [2.05, 4.69) is 0 Å². The van der Waals surface area contributed by atoms with Crippen LogP contribution in [0.4, 0.5) is 0 Å². The highest BCUT2D eigenvalue weighted by atomic mass is 32.1. The highest BCUT2D eigenvalue weighted by molar-refractivity contribution is 7.12. The van der Waals surface area contributed by atoms with E-state index in [-0.39, 0.29) is 11.8 Å². The Hall–Kier alpha value is -2.34. The molecule has 0 spiro atoms. The molecule has 132 valence electrons. The highest BCUT2D eigenvalue weighted by Crippen LogP contribution is 2.21. The SMILES string of the molecule is CC(C)(Oc1ccccc1)C(=O)N1CCN(C(=O)c2cccs2)CC1. The van der Waals surface area contributed by atoms with Gasteiger partial charge in [-0.25, -0.2) is 0 Å². The summed E-state index contributed by atoms with van der Waals surface area (Å²) in [5.74, 6) is 0.661. The standard InChI is InChI=1S/C19H22N2O3S/c1-19(2,24-15-7-4-3-5-8-15)18(23)21-12-10-20(11-13-21)17(22)16-9-6-14-25-16/h3-9,14H,10-13H2,1-2H3. The summed E-state index contributed by atoms with van der Waals surface area (Å²) in [6.07, 6.45) is 0. The van der Waals surface area contributed by atoms with Crippen molar-refractivity contribution in [1.82, 2.24) is 9.80 Å². The average Bonchev–Trinajstić information content (AvgIpc) is 3.16. The van der Waals surface area contributed by atoms with Gasteiger partial charge in [-0.3, -0.25) is 9.59 Å². The van der Waals surface area contributed by atoms with E-state index >= 15 is 0 Å². The highest BCUT2D eigenvalue weighted by Gasteiger charge is 2.36.